The molecule has 0 saturated heterocycles. The topological polar surface area (TPSA) is 60.6 Å². The highest BCUT2D eigenvalue weighted by atomic mass is 19.1. The monoisotopic (exact) mass is 369 g/mol. The van der Waals surface area contributed by atoms with Crippen molar-refractivity contribution in [3.63, 3.8) is 0 Å². The van der Waals surface area contributed by atoms with E-state index in [2.05, 4.69) is 15.0 Å². The molecule has 140 valence electrons. The van der Waals surface area contributed by atoms with Gasteiger partial charge in [0.15, 0.2) is 11.5 Å². The molecule has 1 aliphatic rings. The van der Waals surface area contributed by atoms with Gasteiger partial charge in [0.2, 0.25) is 11.7 Å². The first-order valence-corrected chi connectivity index (χ1v) is 8.71. The summed E-state index contributed by atoms with van der Waals surface area (Å²) in [5.41, 5.74) is 3.20. The maximum atomic E-state index is 13.1. The molecule has 7 heteroatoms. The molecule has 27 heavy (non-hydrogen) atoms. The molecular formula is C20H20FN3O3. The Morgan fingerprint density at radius 1 is 1.07 bits per heavy atom. The zero-order valence-corrected chi connectivity index (χ0v) is 15.2. The first-order chi connectivity index (χ1) is 13.2. The molecule has 0 radical (unpaired) electrons. The minimum Gasteiger partial charge on any atom is -0.493 e. The Morgan fingerprint density at radius 3 is 2.48 bits per heavy atom. The van der Waals surface area contributed by atoms with Gasteiger partial charge in [0.25, 0.3) is 0 Å². The standard InChI is InChI=1S/C20H20FN3O3/c1-25-17-9-14-7-8-24(11-15(14)10-18(17)26-2)12-19-22-20(23-27-19)13-3-5-16(21)6-4-13/h3-6,9-10H,7-8,11-12H2,1-2H3. The van der Waals surface area contributed by atoms with E-state index in [1.54, 1.807) is 26.4 Å². The van der Waals surface area contributed by atoms with Crippen molar-refractivity contribution in [2.75, 3.05) is 20.8 Å². The van der Waals surface area contributed by atoms with Gasteiger partial charge in [-0.25, -0.2) is 4.39 Å². The molecule has 0 amide bonds. The van der Waals surface area contributed by atoms with Gasteiger partial charge in [-0.3, -0.25) is 4.90 Å². The zero-order valence-electron chi connectivity index (χ0n) is 15.2. The summed E-state index contributed by atoms with van der Waals surface area (Å²) in [7, 11) is 3.29. The van der Waals surface area contributed by atoms with Crippen molar-refractivity contribution >= 4 is 0 Å². The molecule has 0 aliphatic carbocycles. The van der Waals surface area contributed by atoms with Crippen LogP contribution in [0.4, 0.5) is 4.39 Å². The van der Waals surface area contributed by atoms with Crippen molar-refractivity contribution in [3.8, 4) is 22.9 Å². The molecule has 1 aliphatic heterocycles. The second kappa shape index (κ2) is 7.36. The normalized spacial score (nSPS) is 14.0. The molecule has 0 unspecified atom stereocenters. The van der Waals surface area contributed by atoms with Gasteiger partial charge in [-0.15, -0.1) is 0 Å². The van der Waals surface area contributed by atoms with E-state index in [-0.39, 0.29) is 5.82 Å². The summed E-state index contributed by atoms with van der Waals surface area (Å²) in [4.78, 5) is 6.68. The summed E-state index contributed by atoms with van der Waals surface area (Å²) in [6, 6.07) is 10.1. The van der Waals surface area contributed by atoms with Crippen molar-refractivity contribution in [3.05, 3.63) is 59.2 Å². The highest BCUT2D eigenvalue weighted by Crippen LogP contribution is 2.33. The summed E-state index contributed by atoms with van der Waals surface area (Å²) < 4.78 is 29.2. The third kappa shape index (κ3) is 3.64. The summed E-state index contributed by atoms with van der Waals surface area (Å²) in [6.45, 7) is 2.21. The first kappa shape index (κ1) is 17.5. The Hall–Kier alpha value is -2.93. The number of ether oxygens (including phenoxy) is 2. The first-order valence-electron chi connectivity index (χ1n) is 8.71. The molecule has 2 heterocycles. The van der Waals surface area contributed by atoms with E-state index in [4.69, 9.17) is 14.0 Å². The molecule has 0 N–H and O–H groups in total. The van der Waals surface area contributed by atoms with E-state index in [1.165, 1.54) is 23.3 Å². The van der Waals surface area contributed by atoms with Gasteiger partial charge in [-0.2, -0.15) is 4.98 Å². The van der Waals surface area contributed by atoms with Crippen molar-refractivity contribution in [1.29, 1.82) is 0 Å². The molecule has 6 nitrogen and oxygen atoms in total. The molecule has 0 bridgehead atoms. The van der Waals surface area contributed by atoms with E-state index in [1.807, 2.05) is 12.1 Å². The fourth-order valence-corrected chi connectivity index (χ4v) is 3.30. The minimum absolute atomic E-state index is 0.290. The summed E-state index contributed by atoms with van der Waals surface area (Å²) >= 11 is 0. The van der Waals surface area contributed by atoms with Crippen molar-refractivity contribution in [2.45, 2.75) is 19.5 Å². The maximum absolute atomic E-state index is 13.1. The Balaban J connectivity index is 1.48. The van der Waals surface area contributed by atoms with Gasteiger partial charge >= 0.3 is 0 Å². The third-order valence-electron chi connectivity index (χ3n) is 4.73. The Bertz CT molecular complexity index is 940. The predicted molar refractivity (Wildman–Crippen MR) is 97.1 cm³/mol. The lowest BCUT2D eigenvalue weighted by Gasteiger charge is -2.28. The minimum atomic E-state index is -0.290. The van der Waals surface area contributed by atoms with E-state index >= 15 is 0 Å². The second-order valence-corrected chi connectivity index (χ2v) is 6.46. The third-order valence-corrected chi connectivity index (χ3v) is 4.73. The molecule has 0 fully saturated rings. The molecular weight excluding hydrogens is 349 g/mol. The molecule has 3 aromatic rings. The fourth-order valence-electron chi connectivity index (χ4n) is 3.30. The second-order valence-electron chi connectivity index (χ2n) is 6.46. The van der Waals surface area contributed by atoms with Gasteiger partial charge in [-0.05, 0) is 53.9 Å². The number of methoxy groups -OCH3 is 2. The lowest BCUT2D eigenvalue weighted by molar-refractivity contribution is 0.210. The van der Waals surface area contributed by atoms with Crippen LogP contribution in [-0.2, 0) is 19.5 Å². The highest BCUT2D eigenvalue weighted by molar-refractivity contribution is 5.53. The molecule has 0 atom stereocenters. The smallest absolute Gasteiger partial charge is 0.241 e. The lowest BCUT2D eigenvalue weighted by Crippen LogP contribution is -2.30. The summed E-state index contributed by atoms with van der Waals surface area (Å²) in [6.07, 6.45) is 0.911. The van der Waals surface area contributed by atoms with Crippen LogP contribution in [0.25, 0.3) is 11.4 Å². The largest absolute Gasteiger partial charge is 0.493 e. The number of nitrogens with zero attached hydrogens (tertiary/aromatic N) is 3. The van der Waals surface area contributed by atoms with Crippen molar-refractivity contribution in [1.82, 2.24) is 15.0 Å². The Kier molecular flexibility index (Phi) is 4.77. The van der Waals surface area contributed by atoms with Gasteiger partial charge in [-0.1, -0.05) is 5.16 Å². The number of rotatable bonds is 5. The van der Waals surface area contributed by atoms with Crippen LogP contribution < -0.4 is 9.47 Å². The zero-order chi connectivity index (χ0) is 18.8. The Labute approximate surface area is 156 Å². The molecule has 1 aromatic heterocycles. The van der Waals surface area contributed by atoms with E-state index < -0.39 is 0 Å². The van der Waals surface area contributed by atoms with Crippen LogP contribution in [0.3, 0.4) is 0 Å². The number of fused-ring (bicyclic) bond motifs is 1. The number of aromatic nitrogens is 2. The van der Waals surface area contributed by atoms with Crippen LogP contribution in [0.2, 0.25) is 0 Å². The quantitative estimate of drug-likeness (QED) is 0.687. The van der Waals surface area contributed by atoms with Crippen LogP contribution in [0.15, 0.2) is 40.9 Å². The predicted octanol–water partition coefficient (Wildman–Crippen LogP) is 3.45. The molecule has 4 rings (SSSR count). The Morgan fingerprint density at radius 2 is 1.78 bits per heavy atom. The van der Waals surface area contributed by atoms with E-state index in [9.17, 15) is 4.39 Å². The average molecular weight is 369 g/mol. The van der Waals surface area contributed by atoms with Crippen molar-refractivity contribution in [2.24, 2.45) is 0 Å². The molecule has 0 spiro atoms. The van der Waals surface area contributed by atoms with Crippen LogP contribution >= 0.6 is 0 Å². The number of hydrogen-bond donors (Lipinski definition) is 0. The van der Waals surface area contributed by atoms with Crippen LogP contribution in [0.1, 0.15) is 17.0 Å². The van der Waals surface area contributed by atoms with E-state index in [0.717, 1.165) is 36.6 Å². The van der Waals surface area contributed by atoms with Crippen molar-refractivity contribution < 1.29 is 18.4 Å². The number of halogens is 1. The molecule has 0 saturated carbocycles. The van der Waals surface area contributed by atoms with Gasteiger partial charge in [0.1, 0.15) is 5.82 Å². The van der Waals surface area contributed by atoms with Gasteiger partial charge in [0, 0.05) is 18.7 Å². The van der Waals surface area contributed by atoms with Crippen LogP contribution in [-0.4, -0.2) is 35.8 Å². The SMILES string of the molecule is COc1cc2c(cc1OC)CN(Cc1nc(-c3ccc(F)cc3)no1)CC2. The lowest BCUT2D eigenvalue weighted by atomic mass is 9.99. The van der Waals surface area contributed by atoms with Gasteiger partial charge < -0.3 is 14.0 Å². The van der Waals surface area contributed by atoms with Crippen LogP contribution in [0, 0.1) is 5.82 Å². The van der Waals surface area contributed by atoms with Crippen LogP contribution in [0.5, 0.6) is 11.5 Å². The van der Waals surface area contributed by atoms with Gasteiger partial charge in [0.05, 0.1) is 20.8 Å². The highest BCUT2D eigenvalue weighted by Gasteiger charge is 2.21. The number of hydrogen-bond acceptors (Lipinski definition) is 6. The molecule has 2 aromatic carbocycles. The fraction of sp³-hybridized carbons (Fsp3) is 0.300. The summed E-state index contributed by atoms with van der Waals surface area (Å²) in [5.74, 6) is 2.20. The summed E-state index contributed by atoms with van der Waals surface area (Å²) in [5, 5.41) is 4.00. The van der Waals surface area contributed by atoms with E-state index in [0.29, 0.717) is 18.3 Å². The number of benzene rings is 2. The average Bonchev–Trinajstić information content (AvgIpc) is 3.15. The maximum Gasteiger partial charge on any atom is 0.241 e.